The maximum atomic E-state index is 12.9. The highest BCUT2D eigenvalue weighted by atomic mass is 31.2. The van der Waals surface area contributed by atoms with Gasteiger partial charge >= 0.3 is 7.82 Å². The summed E-state index contributed by atoms with van der Waals surface area (Å²) in [7, 11) is 1.62. The smallest absolute Gasteiger partial charge is 0.391 e. The lowest BCUT2D eigenvalue weighted by Crippen LogP contribution is -2.46. The van der Waals surface area contributed by atoms with Crippen LogP contribution in [0.1, 0.15) is 226 Å². The number of unbranched alkanes of at least 4 members (excludes halogenated alkanes) is 28. The van der Waals surface area contributed by atoms with Gasteiger partial charge in [-0.2, -0.15) is 0 Å². The number of hydrogen-bond donors (Lipinski definition) is 3. The van der Waals surface area contributed by atoms with Crippen LogP contribution in [0.5, 0.6) is 0 Å². The molecule has 3 unspecified atom stereocenters. The number of carbonyl (C=O) groups excluding carboxylic acids is 1. The van der Waals surface area contributed by atoms with Crippen molar-refractivity contribution in [2.24, 2.45) is 0 Å². The van der Waals surface area contributed by atoms with Gasteiger partial charge in [0.15, 0.2) is 0 Å². The minimum atomic E-state index is -4.31. The van der Waals surface area contributed by atoms with E-state index in [-0.39, 0.29) is 19.1 Å². The van der Waals surface area contributed by atoms with Gasteiger partial charge < -0.3 is 19.8 Å². The number of likely N-dealkylation sites (N-methyl/N-ethyl adjacent to an activating group) is 1. The molecule has 0 aromatic heterocycles. The lowest BCUT2D eigenvalue weighted by Gasteiger charge is -2.26. The van der Waals surface area contributed by atoms with Gasteiger partial charge in [0.1, 0.15) is 13.2 Å². The second-order valence-corrected chi connectivity index (χ2v) is 18.9. The number of hydrogen-bond acceptors (Lipinski definition) is 5. The summed E-state index contributed by atoms with van der Waals surface area (Å²) in [5.41, 5.74) is 0. The van der Waals surface area contributed by atoms with E-state index in [1.165, 1.54) is 161 Å². The molecule has 0 radical (unpaired) electrons. The summed E-state index contributed by atoms with van der Waals surface area (Å²) in [6.45, 7) is 4.89. The number of nitrogens with one attached hydrogen (secondary N) is 1. The van der Waals surface area contributed by atoms with Crippen LogP contribution < -0.4 is 5.32 Å². The van der Waals surface area contributed by atoms with Gasteiger partial charge in [0.25, 0.3) is 0 Å². The Balaban J connectivity index is 4.21. The molecule has 328 valence electrons. The van der Waals surface area contributed by atoms with Crippen molar-refractivity contribution in [3.8, 4) is 0 Å². The van der Waals surface area contributed by atoms with E-state index in [1.54, 1.807) is 0 Å². The molecule has 55 heavy (non-hydrogen) atoms. The normalized spacial score (nSPS) is 14.4. The van der Waals surface area contributed by atoms with Gasteiger partial charge in [-0.05, 0) is 38.5 Å². The zero-order chi connectivity index (χ0) is 40.7. The standard InChI is InChI=1S/C46H93N2O6P/c1-6-8-10-12-14-16-18-19-20-21-22-23-24-25-26-27-28-30-32-34-36-38-40-46(50)47-44(43-54-55(51,52)53-42-41-48(3,4)5)45(49)39-37-35-33-31-29-17-15-13-11-9-7-2/h24-25,44-45,49H,6-23,26-43H2,1-5H3,(H-,47,50,51,52)/p+1/b25-24-. The van der Waals surface area contributed by atoms with Crippen LogP contribution in [-0.2, 0) is 18.4 Å². The first kappa shape index (κ1) is 54.2. The molecule has 0 aromatic carbocycles. The summed E-state index contributed by atoms with van der Waals surface area (Å²) in [5.74, 6) is -0.148. The minimum Gasteiger partial charge on any atom is -0.391 e. The van der Waals surface area contributed by atoms with E-state index in [4.69, 9.17) is 9.05 Å². The van der Waals surface area contributed by atoms with Crippen LogP contribution in [0.4, 0.5) is 0 Å². The Kier molecular flexibility index (Phi) is 38.2. The van der Waals surface area contributed by atoms with E-state index < -0.39 is 20.0 Å². The first-order valence-corrected chi connectivity index (χ1v) is 25.0. The van der Waals surface area contributed by atoms with Crippen LogP contribution in [0.2, 0.25) is 0 Å². The number of amides is 1. The van der Waals surface area contributed by atoms with Gasteiger partial charge in [0.2, 0.25) is 5.91 Å². The molecule has 3 N–H and O–H groups in total. The van der Waals surface area contributed by atoms with Gasteiger partial charge in [-0.1, -0.05) is 193 Å². The molecule has 9 heteroatoms. The molecule has 0 saturated carbocycles. The Morgan fingerprint density at radius 2 is 0.982 bits per heavy atom. The number of allylic oxidation sites excluding steroid dienone is 2. The average Bonchev–Trinajstić information content (AvgIpc) is 3.13. The largest absolute Gasteiger partial charge is 0.472 e. The number of phosphoric acid groups is 1. The summed E-state index contributed by atoms with van der Waals surface area (Å²) in [6.07, 6.45) is 43.9. The molecule has 8 nitrogen and oxygen atoms in total. The molecule has 0 aliphatic carbocycles. The Labute approximate surface area is 342 Å². The SMILES string of the molecule is CCCCCCCCCCCCC/C=C\CCCCCCCCCC(=O)NC(COP(=O)(O)OCC[N+](C)(C)C)C(O)CCCCCCCCCCCCC. The van der Waals surface area contributed by atoms with E-state index in [0.717, 1.165) is 38.5 Å². The number of nitrogens with zero attached hydrogens (tertiary/aromatic N) is 1. The van der Waals surface area contributed by atoms with Crippen molar-refractivity contribution in [3.63, 3.8) is 0 Å². The van der Waals surface area contributed by atoms with E-state index >= 15 is 0 Å². The quantitative estimate of drug-likeness (QED) is 0.0245. The third kappa shape index (κ3) is 41.2. The van der Waals surface area contributed by atoms with E-state index in [2.05, 4.69) is 31.3 Å². The Hall–Kier alpha value is -0.760. The first-order valence-electron chi connectivity index (χ1n) is 23.6. The van der Waals surface area contributed by atoms with Crippen LogP contribution in [0.15, 0.2) is 12.2 Å². The van der Waals surface area contributed by atoms with Crippen molar-refractivity contribution in [2.75, 3.05) is 40.9 Å². The monoisotopic (exact) mass is 802 g/mol. The zero-order valence-electron chi connectivity index (χ0n) is 37.2. The zero-order valence-corrected chi connectivity index (χ0v) is 38.1. The summed E-state index contributed by atoms with van der Waals surface area (Å²) in [4.78, 5) is 23.1. The first-order chi connectivity index (χ1) is 26.5. The molecule has 0 rings (SSSR count). The highest BCUT2D eigenvalue weighted by molar-refractivity contribution is 7.47. The third-order valence-corrected chi connectivity index (χ3v) is 11.7. The molecule has 0 spiro atoms. The van der Waals surface area contributed by atoms with Crippen molar-refractivity contribution >= 4 is 13.7 Å². The predicted octanol–water partition coefficient (Wildman–Crippen LogP) is 13.1. The summed E-state index contributed by atoms with van der Waals surface area (Å²) in [6, 6.07) is -0.758. The van der Waals surface area contributed by atoms with Crippen LogP contribution >= 0.6 is 7.82 Å². The molecule has 0 aliphatic heterocycles. The number of aliphatic hydroxyl groups is 1. The van der Waals surface area contributed by atoms with Crippen molar-refractivity contribution in [2.45, 2.75) is 238 Å². The number of phosphoric ester groups is 1. The van der Waals surface area contributed by atoms with Gasteiger partial charge in [-0.15, -0.1) is 0 Å². The Bertz CT molecular complexity index is 911. The molecule has 3 atom stereocenters. The fourth-order valence-electron chi connectivity index (χ4n) is 6.98. The summed E-state index contributed by atoms with van der Waals surface area (Å²) < 4.78 is 23.6. The maximum absolute atomic E-state index is 12.9. The molecule has 0 heterocycles. The lowest BCUT2D eigenvalue weighted by molar-refractivity contribution is -0.870. The number of carbonyl (C=O) groups is 1. The number of rotatable bonds is 43. The fourth-order valence-corrected chi connectivity index (χ4v) is 7.72. The molecule has 1 amide bonds. The molecule has 0 aliphatic rings. The van der Waals surface area contributed by atoms with Gasteiger partial charge in [0, 0.05) is 6.42 Å². The lowest BCUT2D eigenvalue weighted by atomic mass is 10.0. The fraction of sp³-hybridized carbons (Fsp3) is 0.935. The van der Waals surface area contributed by atoms with Crippen LogP contribution in [0.3, 0.4) is 0 Å². The summed E-state index contributed by atoms with van der Waals surface area (Å²) in [5, 5.41) is 13.9. The van der Waals surface area contributed by atoms with E-state index in [9.17, 15) is 19.4 Å². The molecule has 0 fully saturated rings. The molecule has 0 bridgehead atoms. The van der Waals surface area contributed by atoms with Gasteiger partial charge in [0.05, 0.1) is 39.9 Å². The van der Waals surface area contributed by atoms with Crippen molar-refractivity contribution in [3.05, 3.63) is 12.2 Å². The summed E-state index contributed by atoms with van der Waals surface area (Å²) >= 11 is 0. The second kappa shape index (κ2) is 38.7. The Morgan fingerprint density at radius 1 is 0.600 bits per heavy atom. The van der Waals surface area contributed by atoms with Crippen LogP contribution in [0, 0.1) is 0 Å². The van der Waals surface area contributed by atoms with Gasteiger partial charge in [-0.3, -0.25) is 13.8 Å². The van der Waals surface area contributed by atoms with Crippen LogP contribution in [-0.4, -0.2) is 73.4 Å². The van der Waals surface area contributed by atoms with Crippen molar-refractivity contribution in [1.82, 2.24) is 5.32 Å². The van der Waals surface area contributed by atoms with E-state index in [1.807, 2.05) is 21.1 Å². The number of aliphatic hydroxyl groups excluding tert-OH is 1. The number of quaternary nitrogens is 1. The average molecular weight is 802 g/mol. The topological polar surface area (TPSA) is 105 Å². The molecule has 0 aromatic rings. The third-order valence-electron chi connectivity index (χ3n) is 10.8. The highest BCUT2D eigenvalue weighted by Gasteiger charge is 2.28. The van der Waals surface area contributed by atoms with Crippen LogP contribution in [0.25, 0.3) is 0 Å². The maximum Gasteiger partial charge on any atom is 0.472 e. The Morgan fingerprint density at radius 3 is 1.40 bits per heavy atom. The van der Waals surface area contributed by atoms with E-state index in [0.29, 0.717) is 23.9 Å². The highest BCUT2D eigenvalue weighted by Crippen LogP contribution is 2.43. The van der Waals surface area contributed by atoms with Gasteiger partial charge in [-0.25, -0.2) is 4.57 Å². The molecular weight excluding hydrogens is 707 g/mol. The van der Waals surface area contributed by atoms with Crippen molar-refractivity contribution in [1.29, 1.82) is 0 Å². The predicted molar refractivity (Wildman–Crippen MR) is 235 cm³/mol. The second-order valence-electron chi connectivity index (χ2n) is 17.5. The molecule has 0 saturated heterocycles. The molecular formula is C46H94N2O6P+. The van der Waals surface area contributed by atoms with Crippen molar-refractivity contribution < 1.29 is 32.9 Å². The minimum absolute atomic E-state index is 0.0755.